The molecule has 0 saturated heterocycles. The number of H-pyrrole nitrogens is 1. The minimum Gasteiger partial charge on any atom is -0.345 e. The molecule has 3 nitrogen and oxygen atoms in total. The quantitative estimate of drug-likeness (QED) is 0.326. The van der Waals surface area contributed by atoms with Crippen LogP contribution >= 0.6 is 11.8 Å². The van der Waals surface area contributed by atoms with Crippen LogP contribution in [0.4, 0.5) is 0 Å². The van der Waals surface area contributed by atoms with Crippen molar-refractivity contribution in [2.45, 2.75) is 61.4 Å². The third kappa shape index (κ3) is 4.44. The lowest BCUT2D eigenvalue weighted by atomic mass is 10.2. The molecule has 4 rings (SSSR count). The van der Waals surface area contributed by atoms with Gasteiger partial charge in [-0.3, -0.25) is 4.98 Å². The molecule has 0 bridgehead atoms. The first-order chi connectivity index (χ1) is 15.6. The second kappa shape index (κ2) is 8.96. The van der Waals surface area contributed by atoms with Crippen LogP contribution in [-0.4, -0.2) is 23.0 Å². The summed E-state index contributed by atoms with van der Waals surface area (Å²) in [4.78, 5) is 15.0. The highest BCUT2D eigenvalue weighted by Gasteiger charge is 2.56. The van der Waals surface area contributed by atoms with Crippen molar-refractivity contribution in [3.8, 4) is 11.4 Å². The van der Waals surface area contributed by atoms with E-state index in [9.17, 15) is 0 Å². The Morgan fingerprint density at radius 2 is 1.42 bits per heavy atom. The fourth-order valence-electron chi connectivity index (χ4n) is 5.55. The molecule has 2 heterocycles. The number of nitrogens with one attached hydrogen (secondary N) is 1. The van der Waals surface area contributed by atoms with Crippen LogP contribution in [0.1, 0.15) is 41.5 Å². The highest BCUT2D eigenvalue weighted by atomic mass is 32.2. The van der Waals surface area contributed by atoms with Gasteiger partial charge in [-0.1, -0.05) is 83.6 Å². The molecule has 0 atom stereocenters. The van der Waals surface area contributed by atoms with Crippen LogP contribution in [0.15, 0.2) is 95.1 Å². The molecule has 0 aliphatic rings. The number of hydrogen-bond donors (Lipinski definition) is 1. The van der Waals surface area contributed by atoms with Gasteiger partial charge in [0.05, 0.1) is 0 Å². The zero-order valence-corrected chi connectivity index (χ0v) is 22.2. The second-order valence-corrected chi connectivity index (χ2v) is 17.3. The monoisotopic (exact) mass is 471 g/mol. The molecule has 0 amide bonds. The third-order valence-corrected chi connectivity index (χ3v) is 14.1. The van der Waals surface area contributed by atoms with E-state index in [1.807, 2.05) is 18.5 Å². The van der Waals surface area contributed by atoms with Crippen LogP contribution in [0.2, 0.25) is 10.1 Å². The molecular formula is C28H33N3SSi. The number of aromatic nitrogens is 3. The fraction of sp³-hybridized carbons (Fsp3) is 0.286. The number of rotatable bonds is 5. The van der Waals surface area contributed by atoms with E-state index in [1.54, 1.807) is 18.0 Å². The summed E-state index contributed by atoms with van der Waals surface area (Å²) in [6, 6.07) is 24.2. The third-order valence-electron chi connectivity index (χ3n) is 6.41. The smallest absolute Gasteiger partial charge is 0.151 e. The highest BCUT2D eigenvalue weighted by molar-refractivity contribution is 7.99. The SMILES string of the molecule is CC(C)(C)[Si](c1cccc(Sc2cccc(-c3ncc[nH]3)c2)c1)(c1ccccn1)C(C)(C)C. The summed E-state index contributed by atoms with van der Waals surface area (Å²) in [6.07, 6.45) is 5.60. The van der Waals surface area contributed by atoms with Crippen LogP contribution in [-0.2, 0) is 0 Å². The van der Waals surface area contributed by atoms with Gasteiger partial charge in [-0.15, -0.1) is 0 Å². The van der Waals surface area contributed by atoms with E-state index >= 15 is 0 Å². The van der Waals surface area contributed by atoms with E-state index in [2.05, 4.69) is 112 Å². The fourth-order valence-corrected chi connectivity index (χ4v) is 13.7. The Morgan fingerprint density at radius 1 is 0.727 bits per heavy atom. The maximum Gasteiger partial charge on any atom is 0.151 e. The van der Waals surface area contributed by atoms with Crippen LogP contribution < -0.4 is 10.5 Å². The van der Waals surface area contributed by atoms with Gasteiger partial charge in [0.2, 0.25) is 0 Å². The molecule has 0 unspecified atom stereocenters. The van der Waals surface area contributed by atoms with E-state index < -0.39 is 8.07 Å². The standard InChI is InChI=1S/C28H33N3SSi/c1-27(2,3)33(28(4,5)6,25-15-7-8-16-29-25)24-14-10-13-23(20-24)32-22-12-9-11-21(19-22)26-30-17-18-31-26/h7-20H,1-6H3,(H,30,31). The number of nitrogens with zero attached hydrogens (tertiary/aromatic N) is 2. The van der Waals surface area contributed by atoms with Crippen molar-refractivity contribution in [3.63, 3.8) is 0 Å². The lowest BCUT2D eigenvalue weighted by Gasteiger charge is -2.51. The molecule has 33 heavy (non-hydrogen) atoms. The van der Waals surface area contributed by atoms with Gasteiger partial charge in [0.15, 0.2) is 8.07 Å². The maximum absolute atomic E-state index is 4.96. The molecule has 5 heteroatoms. The van der Waals surface area contributed by atoms with Crippen LogP contribution in [0.5, 0.6) is 0 Å². The molecule has 0 radical (unpaired) electrons. The first-order valence-electron chi connectivity index (χ1n) is 11.4. The Morgan fingerprint density at radius 3 is 2.03 bits per heavy atom. The molecule has 1 N–H and O–H groups in total. The largest absolute Gasteiger partial charge is 0.345 e. The summed E-state index contributed by atoms with van der Waals surface area (Å²) >= 11 is 1.81. The summed E-state index contributed by atoms with van der Waals surface area (Å²) in [5.74, 6) is 0.897. The van der Waals surface area contributed by atoms with Crippen molar-refractivity contribution in [3.05, 3.63) is 85.3 Å². The number of benzene rings is 2. The Hall–Kier alpha value is -2.63. The average molecular weight is 472 g/mol. The van der Waals surface area contributed by atoms with E-state index in [1.165, 1.54) is 20.3 Å². The zero-order chi connectivity index (χ0) is 23.7. The van der Waals surface area contributed by atoms with Crippen LogP contribution in [0, 0.1) is 0 Å². The van der Waals surface area contributed by atoms with Gasteiger partial charge in [-0.25, -0.2) is 4.98 Å². The molecule has 0 aliphatic carbocycles. The molecule has 0 aliphatic heterocycles. The molecule has 0 saturated carbocycles. The number of imidazole rings is 1. The van der Waals surface area contributed by atoms with Crippen molar-refractivity contribution in [2.75, 3.05) is 0 Å². The van der Waals surface area contributed by atoms with E-state index in [0.29, 0.717) is 0 Å². The van der Waals surface area contributed by atoms with Gasteiger partial charge < -0.3 is 4.98 Å². The van der Waals surface area contributed by atoms with E-state index in [-0.39, 0.29) is 10.1 Å². The first-order valence-corrected chi connectivity index (χ1v) is 14.2. The number of hydrogen-bond acceptors (Lipinski definition) is 3. The van der Waals surface area contributed by atoms with Gasteiger partial charge >= 0.3 is 0 Å². The second-order valence-electron chi connectivity index (χ2n) is 10.6. The lowest BCUT2D eigenvalue weighted by molar-refractivity contribution is 0.635. The van der Waals surface area contributed by atoms with Gasteiger partial charge in [-0.2, -0.15) is 0 Å². The van der Waals surface area contributed by atoms with Gasteiger partial charge in [0.25, 0.3) is 0 Å². The van der Waals surface area contributed by atoms with Gasteiger partial charge in [0.1, 0.15) is 5.82 Å². The normalized spacial score (nSPS) is 12.7. The van der Waals surface area contributed by atoms with Crippen LogP contribution in [0.3, 0.4) is 0 Å². The minimum absolute atomic E-state index is 0.0854. The zero-order valence-electron chi connectivity index (χ0n) is 20.4. The lowest BCUT2D eigenvalue weighted by Crippen LogP contribution is -2.70. The topological polar surface area (TPSA) is 41.6 Å². The minimum atomic E-state index is -2.29. The van der Waals surface area contributed by atoms with Crippen molar-refractivity contribution >= 4 is 30.3 Å². The van der Waals surface area contributed by atoms with Crippen LogP contribution in [0.25, 0.3) is 11.4 Å². The first kappa shape index (κ1) is 23.5. The molecule has 4 aromatic rings. The molecule has 2 aromatic carbocycles. The van der Waals surface area contributed by atoms with Gasteiger partial charge in [0, 0.05) is 39.3 Å². The summed E-state index contributed by atoms with van der Waals surface area (Å²) < 4.78 is 0. The number of aromatic amines is 1. The summed E-state index contributed by atoms with van der Waals surface area (Å²) in [6.45, 7) is 14.4. The maximum atomic E-state index is 4.96. The predicted molar refractivity (Wildman–Crippen MR) is 143 cm³/mol. The Kier molecular flexibility index (Phi) is 6.38. The van der Waals surface area contributed by atoms with Crippen molar-refractivity contribution in [1.29, 1.82) is 0 Å². The van der Waals surface area contributed by atoms with Gasteiger partial charge in [-0.05, 0) is 51.7 Å². The molecule has 0 spiro atoms. The summed E-state index contributed by atoms with van der Waals surface area (Å²) in [7, 11) is -2.29. The Bertz CT molecular complexity index is 1190. The average Bonchev–Trinajstić information content (AvgIpc) is 3.28. The van der Waals surface area contributed by atoms with Crippen molar-refractivity contribution in [1.82, 2.24) is 15.0 Å². The molecule has 2 aromatic heterocycles. The molecular weight excluding hydrogens is 438 g/mol. The Balaban J connectivity index is 1.80. The Labute approximate surface area is 203 Å². The summed E-state index contributed by atoms with van der Waals surface area (Å²) in [5.41, 5.74) is 1.10. The highest BCUT2D eigenvalue weighted by Crippen LogP contribution is 2.50. The number of pyridine rings is 1. The van der Waals surface area contributed by atoms with E-state index in [4.69, 9.17) is 4.98 Å². The predicted octanol–water partition coefficient (Wildman–Crippen LogP) is 6.79. The molecule has 170 valence electrons. The van der Waals surface area contributed by atoms with Crippen molar-refractivity contribution in [2.24, 2.45) is 0 Å². The van der Waals surface area contributed by atoms with E-state index in [0.717, 1.165) is 11.4 Å². The summed E-state index contributed by atoms with van der Waals surface area (Å²) in [5, 5.41) is 2.87. The van der Waals surface area contributed by atoms with Crippen molar-refractivity contribution < 1.29 is 0 Å². The molecule has 0 fully saturated rings.